The Kier molecular flexibility index (Phi) is 3.83. The first kappa shape index (κ1) is 13.6. The maximum absolute atomic E-state index is 12.3. The molecule has 2 amide bonds. The van der Waals surface area contributed by atoms with Crippen LogP contribution in [-0.2, 0) is 4.74 Å². The first-order valence-electron chi connectivity index (χ1n) is 6.76. The molecule has 2 aromatic rings. The van der Waals surface area contributed by atoms with Gasteiger partial charge >= 0.3 is 6.03 Å². The number of aromatic nitrogens is 2. The summed E-state index contributed by atoms with van der Waals surface area (Å²) in [5, 5.41) is 10.4. The minimum absolute atomic E-state index is 0.0675. The largest absolute Gasteiger partial charge is 0.423 e. The van der Waals surface area contributed by atoms with Gasteiger partial charge in [-0.1, -0.05) is 6.07 Å². The van der Waals surface area contributed by atoms with Crippen LogP contribution in [0.4, 0.5) is 10.5 Å². The van der Waals surface area contributed by atoms with Gasteiger partial charge in [0.15, 0.2) is 0 Å². The minimum Gasteiger partial charge on any atom is -0.423 e. The van der Waals surface area contributed by atoms with Gasteiger partial charge in [0.2, 0.25) is 12.3 Å². The molecule has 1 aromatic carbocycles. The topological polar surface area (TPSA) is 80.5 Å². The number of hydrogen-bond acceptors (Lipinski definition) is 5. The summed E-state index contributed by atoms with van der Waals surface area (Å²) in [5.41, 5.74) is 1.45. The second-order valence-electron chi connectivity index (χ2n) is 4.87. The molecule has 1 aromatic heterocycles. The summed E-state index contributed by atoms with van der Waals surface area (Å²) in [4.78, 5) is 14.1. The van der Waals surface area contributed by atoms with Crippen molar-refractivity contribution in [2.75, 3.05) is 25.1 Å². The average molecular weight is 288 g/mol. The van der Waals surface area contributed by atoms with Crippen LogP contribution in [0.1, 0.15) is 6.92 Å². The highest BCUT2D eigenvalue weighted by atomic mass is 16.5. The normalized spacial score (nSPS) is 18.5. The highest BCUT2D eigenvalue weighted by Gasteiger charge is 2.23. The number of anilines is 1. The van der Waals surface area contributed by atoms with E-state index < -0.39 is 0 Å². The fourth-order valence-electron chi connectivity index (χ4n) is 2.25. The number of nitrogens with one attached hydrogen (secondary N) is 1. The highest BCUT2D eigenvalue weighted by molar-refractivity contribution is 5.90. The number of morpholine rings is 1. The standard InChI is InChI=1S/C14H16N4O3/c1-10-8-20-6-5-18(10)14(19)16-12-4-2-3-11(7-12)13-17-15-9-21-13/h2-4,7,9-10H,5-6,8H2,1H3,(H,16,19). The van der Waals surface area contributed by atoms with Crippen LogP contribution in [0.5, 0.6) is 0 Å². The number of ether oxygens (including phenoxy) is 1. The van der Waals surface area contributed by atoms with E-state index in [1.165, 1.54) is 6.39 Å². The van der Waals surface area contributed by atoms with E-state index in [0.717, 1.165) is 5.56 Å². The van der Waals surface area contributed by atoms with Gasteiger partial charge in [-0.25, -0.2) is 4.79 Å². The third-order valence-electron chi connectivity index (χ3n) is 3.35. The SMILES string of the molecule is CC1COCCN1C(=O)Nc1cccc(-c2nnco2)c1. The van der Waals surface area contributed by atoms with Crippen molar-refractivity contribution in [3.63, 3.8) is 0 Å². The molecule has 7 heteroatoms. The maximum Gasteiger partial charge on any atom is 0.322 e. The van der Waals surface area contributed by atoms with E-state index in [1.807, 2.05) is 25.1 Å². The van der Waals surface area contributed by atoms with Gasteiger partial charge in [0.05, 0.1) is 19.3 Å². The Morgan fingerprint density at radius 1 is 1.48 bits per heavy atom. The van der Waals surface area contributed by atoms with Gasteiger partial charge in [-0.15, -0.1) is 10.2 Å². The first-order chi connectivity index (χ1) is 10.2. The number of carbonyl (C=O) groups excluding carboxylic acids is 1. The number of amides is 2. The number of nitrogens with zero attached hydrogens (tertiary/aromatic N) is 3. The molecule has 0 radical (unpaired) electrons. The molecule has 3 rings (SSSR count). The lowest BCUT2D eigenvalue weighted by Crippen LogP contribution is -2.48. The number of hydrogen-bond donors (Lipinski definition) is 1. The molecular weight excluding hydrogens is 272 g/mol. The van der Waals surface area contributed by atoms with Crippen LogP contribution in [0.25, 0.3) is 11.5 Å². The Balaban J connectivity index is 1.73. The van der Waals surface area contributed by atoms with Crippen LogP contribution in [0, 0.1) is 0 Å². The molecule has 2 heterocycles. The van der Waals surface area contributed by atoms with E-state index in [1.54, 1.807) is 11.0 Å². The molecule has 1 aliphatic heterocycles. The van der Waals surface area contributed by atoms with Gasteiger partial charge in [-0.3, -0.25) is 0 Å². The third-order valence-corrected chi connectivity index (χ3v) is 3.35. The summed E-state index contributed by atoms with van der Waals surface area (Å²) in [6.45, 7) is 3.69. The van der Waals surface area contributed by atoms with E-state index in [4.69, 9.17) is 9.15 Å². The number of urea groups is 1. The molecule has 21 heavy (non-hydrogen) atoms. The van der Waals surface area contributed by atoms with Crippen molar-refractivity contribution in [3.05, 3.63) is 30.7 Å². The Labute approximate surface area is 121 Å². The van der Waals surface area contributed by atoms with E-state index in [0.29, 0.717) is 31.3 Å². The second-order valence-corrected chi connectivity index (χ2v) is 4.87. The van der Waals surface area contributed by atoms with Crippen molar-refractivity contribution in [1.82, 2.24) is 15.1 Å². The van der Waals surface area contributed by atoms with Crippen molar-refractivity contribution in [2.24, 2.45) is 0 Å². The fourth-order valence-corrected chi connectivity index (χ4v) is 2.25. The zero-order valence-electron chi connectivity index (χ0n) is 11.7. The van der Waals surface area contributed by atoms with Gasteiger partial charge < -0.3 is 19.4 Å². The maximum atomic E-state index is 12.3. The van der Waals surface area contributed by atoms with Gasteiger partial charge in [0.25, 0.3) is 0 Å². The van der Waals surface area contributed by atoms with E-state index in [2.05, 4.69) is 15.5 Å². The van der Waals surface area contributed by atoms with Crippen LogP contribution in [-0.4, -0.2) is 46.9 Å². The molecule has 1 N–H and O–H groups in total. The Morgan fingerprint density at radius 3 is 3.14 bits per heavy atom. The molecule has 0 bridgehead atoms. The Hall–Kier alpha value is -2.41. The zero-order valence-corrected chi connectivity index (χ0v) is 11.7. The molecule has 1 fully saturated rings. The molecule has 1 saturated heterocycles. The van der Waals surface area contributed by atoms with E-state index in [9.17, 15) is 4.79 Å². The van der Waals surface area contributed by atoms with Crippen LogP contribution in [0.3, 0.4) is 0 Å². The summed E-state index contributed by atoms with van der Waals surface area (Å²) in [6, 6.07) is 7.24. The van der Waals surface area contributed by atoms with Crippen LogP contribution in [0.2, 0.25) is 0 Å². The minimum atomic E-state index is -0.131. The summed E-state index contributed by atoms with van der Waals surface area (Å²) in [5.74, 6) is 0.422. The van der Waals surface area contributed by atoms with Crippen molar-refractivity contribution >= 4 is 11.7 Å². The van der Waals surface area contributed by atoms with Crippen LogP contribution in [0.15, 0.2) is 35.1 Å². The zero-order chi connectivity index (χ0) is 14.7. The molecule has 0 saturated carbocycles. The van der Waals surface area contributed by atoms with Crippen molar-refractivity contribution in [3.8, 4) is 11.5 Å². The summed E-state index contributed by atoms with van der Waals surface area (Å²) in [7, 11) is 0. The van der Waals surface area contributed by atoms with Crippen molar-refractivity contribution in [1.29, 1.82) is 0 Å². The quantitative estimate of drug-likeness (QED) is 0.914. The van der Waals surface area contributed by atoms with Gasteiger partial charge in [-0.2, -0.15) is 0 Å². The van der Waals surface area contributed by atoms with Gasteiger partial charge in [0.1, 0.15) is 0 Å². The second kappa shape index (κ2) is 5.92. The predicted molar refractivity (Wildman–Crippen MR) is 75.7 cm³/mol. The van der Waals surface area contributed by atoms with Crippen LogP contribution < -0.4 is 5.32 Å². The molecule has 1 atom stereocenters. The summed E-state index contributed by atoms with van der Waals surface area (Å²) in [6.07, 6.45) is 1.27. The lowest BCUT2D eigenvalue weighted by atomic mass is 10.2. The molecular formula is C14H16N4O3. The lowest BCUT2D eigenvalue weighted by Gasteiger charge is -2.33. The first-order valence-corrected chi connectivity index (χ1v) is 6.76. The number of carbonyl (C=O) groups is 1. The van der Waals surface area contributed by atoms with Crippen molar-refractivity contribution < 1.29 is 13.9 Å². The van der Waals surface area contributed by atoms with E-state index >= 15 is 0 Å². The van der Waals surface area contributed by atoms with Crippen LogP contribution >= 0.6 is 0 Å². The lowest BCUT2D eigenvalue weighted by molar-refractivity contribution is 0.0222. The summed E-state index contributed by atoms with van der Waals surface area (Å²) < 4.78 is 10.5. The number of rotatable bonds is 2. The Morgan fingerprint density at radius 2 is 2.38 bits per heavy atom. The van der Waals surface area contributed by atoms with Gasteiger partial charge in [0, 0.05) is 17.8 Å². The molecule has 110 valence electrons. The molecule has 1 unspecified atom stereocenters. The molecule has 0 spiro atoms. The summed E-state index contributed by atoms with van der Waals surface area (Å²) >= 11 is 0. The van der Waals surface area contributed by atoms with Gasteiger partial charge in [-0.05, 0) is 25.1 Å². The predicted octanol–water partition coefficient (Wildman–Crippen LogP) is 1.99. The Bertz CT molecular complexity index is 614. The smallest absolute Gasteiger partial charge is 0.322 e. The molecule has 7 nitrogen and oxygen atoms in total. The third kappa shape index (κ3) is 3.03. The van der Waals surface area contributed by atoms with Crippen molar-refractivity contribution in [2.45, 2.75) is 13.0 Å². The van der Waals surface area contributed by atoms with E-state index in [-0.39, 0.29) is 12.1 Å². The molecule has 0 aliphatic carbocycles. The monoisotopic (exact) mass is 288 g/mol. The molecule has 1 aliphatic rings. The highest BCUT2D eigenvalue weighted by Crippen LogP contribution is 2.21. The average Bonchev–Trinajstić information content (AvgIpc) is 3.02. The fraction of sp³-hybridized carbons (Fsp3) is 0.357. The number of benzene rings is 1.